The Hall–Kier alpha value is -1.18. The molecule has 64 valence electrons. The molecule has 2 heteroatoms. The average molecular weight is 164 g/mol. The third kappa shape index (κ3) is 2.82. The molecule has 0 amide bonds. The highest BCUT2D eigenvalue weighted by molar-refractivity contribution is 5.92. The van der Waals surface area contributed by atoms with E-state index in [9.17, 15) is 9.59 Å². The monoisotopic (exact) mass is 164 g/mol. The lowest BCUT2D eigenvalue weighted by atomic mass is 10.0. The van der Waals surface area contributed by atoms with Gasteiger partial charge < -0.3 is 4.79 Å². The van der Waals surface area contributed by atoms with E-state index in [-0.39, 0.29) is 11.6 Å². The topological polar surface area (TPSA) is 34.1 Å². The van der Waals surface area contributed by atoms with E-state index in [1.165, 1.54) is 0 Å². The fraction of sp³-hybridized carbons (Fsp3) is 0.400. The lowest BCUT2D eigenvalue weighted by Gasteiger charge is -2.03. The highest BCUT2D eigenvalue weighted by Crippen LogP contribution is 2.12. The largest absolute Gasteiger partial charge is 0.300 e. The first-order valence-electron chi connectivity index (χ1n) is 4.08. The van der Waals surface area contributed by atoms with Crippen LogP contribution < -0.4 is 0 Å². The second-order valence-corrected chi connectivity index (χ2v) is 2.98. The molecule has 0 N–H and O–H groups in total. The van der Waals surface area contributed by atoms with Gasteiger partial charge in [-0.15, -0.1) is 0 Å². The molecule has 0 aliphatic heterocycles. The van der Waals surface area contributed by atoms with Crippen LogP contribution in [0, 0.1) is 0 Å². The molecule has 0 heterocycles. The maximum absolute atomic E-state index is 10.7. The molecular weight excluding hydrogens is 152 g/mol. The van der Waals surface area contributed by atoms with Gasteiger partial charge in [0.15, 0.2) is 5.78 Å². The van der Waals surface area contributed by atoms with Crippen molar-refractivity contribution in [2.24, 2.45) is 0 Å². The molecular formula is C10H12O2. The summed E-state index contributed by atoms with van der Waals surface area (Å²) in [4.78, 5) is 21.4. The van der Waals surface area contributed by atoms with Crippen LogP contribution in [-0.4, -0.2) is 11.6 Å². The van der Waals surface area contributed by atoms with Crippen molar-refractivity contribution in [2.45, 2.75) is 26.2 Å². The van der Waals surface area contributed by atoms with E-state index in [0.717, 1.165) is 12.0 Å². The number of Topliss-reactive ketones (excluding diaryl/α,β-unsaturated/α-hetero) is 1. The Balaban J connectivity index is 2.40. The van der Waals surface area contributed by atoms with Crippen molar-refractivity contribution in [3.8, 4) is 0 Å². The molecule has 0 radical (unpaired) electrons. The van der Waals surface area contributed by atoms with Crippen LogP contribution in [0.5, 0.6) is 0 Å². The fourth-order valence-corrected chi connectivity index (χ4v) is 1.07. The maximum atomic E-state index is 10.7. The summed E-state index contributed by atoms with van der Waals surface area (Å²) in [5.41, 5.74) is 1.10. The zero-order chi connectivity index (χ0) is 8.97. The lowest BCUT2D eigenvalue weighted by molar-refractivity contribution is -0.117. The maximum Gasteiger partial charge on any atom is 0.159 e. The van der Waals surface area contributed by atoms with Gasteiger partial charge in [0, 0.05) is 12.8 Å². The van der Waals surface area contributed by atoms with E-state index in [1.54, 1.807) is 19.1 Å². The van der Waals surface area contributed by atoms with Crippen LogP contribution >= 0.6 is 0 Å². The van der Waals surface area contributed by atoms with Gasteiger partial charge in [-0.05, 0) is 19.4 Å². The number of carbonyl (C=O) groups excluding carboxylic acids is 2. The normalized spacial score (nSPS) is 16.1. The minimum absolute atomic E-state index is 0.140. The molecule has 0 bridgehead atoms. The number of allylic oxidation sites excluding steroid dienone is 4. The minimum Gasteiger partial charge on any atom is -0.300 e. The Bertz CT molecular complexity index is 259. The van der Waals surface area contributed by atoms with Crippen LogP contribution in [0.25, 0.3) is 0 Å². The summed E-state index contributed by atoms with van der Waals surface area (Å²) < 4.78 is 0. The van der Waals surface area contributed by atoms with E-state index < -0.39 is 0 Å². The summed E-state index contributed by atoms with van der Waals surface area (Å²) in [6, 6.07) is 0. The quantitative estimate of drug-likeness (QED) is 0.637. The standard InChI is InChI=1S/C10H12O2/c1-8(11)2-3-9-4-6-10(12)7-5-9/h4-6H,2-3,7H2,1H3. The first kappa shape index (κ1) is 8.91. The van der Waals surface area contributed by atoms with Crippen LogP contribution in [0.15, 0.2) is 23.8 Å². The summed E-state index contributed by atoms with van der Waals surface area (Å²) in [6.07, 6.45) is 7.10. The second-order valence-electron chi connectivity index (χ2n) is 2.98. The Morgan fingerprint density at radius 2 is 2.25 bits per heavy atom. The van der Waals surface area contributed by atoms with Crippen molar-refractivity contribution in [3.05, 3.63) is 23.8 Å². The van der Waals surface area contributed by atoms with Gasteiger partial charge in [0.05, 0.1) is 0 Å². The van der Waals surface area contributed by atoms with Gasteiger partial charge in [-0.3, -0.25) is 4.79 Å². The minimum atomic E-state index is 0.140. The highest BCUT2D eigenvalue weighted by Gasteiger charge is 2.03. The van der Waals surface area contributed by atoms with E-state index in [1.807, 2.05) is 6.08 Å². The van der Waals surface area contributed by atoms with Gasteiger partial charge in [-0.1, -0.05) is 17.7 Å². The van der Waals surface area contributed by atoms with Crippen molar-refractivity contribution >= 4 is 11.6 Å². The lowest BCUT2D eigenvalue weighted by Crippen LogP contribution is -1.98. The Kier molecular flexibility index (Phi) is 2.97. The number of ketones is 2. The van der Waals surface area contributed by atoms with E-state index >= 15 is 0 Å². The average Bonchev–Trinajstić information content (AvgIpc) is 2.03. The van der Waals surface area contributed by atoms with Crippen LogP contribution in [0.4, 0.5) is 0 Å². The molecule has 2 nitrogen and oxygen atoms in total. The first-order valence-corrected chi connectivity index (χ1v) is 4.08. The van der Waals surface area contributed by atoms with Crippen molar-refractivity contribution < 1.29 is 9.59 Å². The smallest absolute Gasteiger partial charge is 0.159 e. The molecule has 1 aliphatic rings. The summed E-state index contributed by atoms with van der Waals surface area (Å²) in [7, 11) is 0. The Morgan fingerprint density at radius 3 is 2.75 bits per heavy atom. The van der Waals surface area contributed by atoms with Gasteiger partial charge >= 0.3 is 0 Å². The van der Waals surface area contributed by atoms with Gasteiger partial charge in [-0.25, -0.2) is 0 Å². The van der Waals surface area contributed by atoms with Crippen molar-refractivity contribution in [3.63, 3.8) is 0 Å². The third-order valence-corrected chi connectivity index (χ3v) is 1.81. The van der Waals surface area contributed by atoms with Gasteiger partial charge in [0.2, 0.25) is 0 Å². The highest BCUT2D eigenvalue weighted by atomic mass is 16.1. The molecule has 0 aromatic rings. The zero-order valence-electron chi connectivity index (χ0n) is 7.17. The van der Waals surface area contributed by atoms with Gasteiger partial charge in [0.1, 0.15) is 5.78 Å². The number of rotatable bonds is 3. The third-order valence-electron chi connectivity index (χ3n) is 1.81. The molecule has 0 saturated carbocycles. The van der Waals surface area contributed by atoms with Crippen LogP contribution in [0.3, 0.4) is 0 Å². The SMILES string of the molecule is CC(=O)CCC1=CCC(=O)C=C1. The molecule has 0 fully saturated rings. The molecule has 0 aromatic heterocycles. The summed E-state index contributed by atoms with van der Waals surface area (Å²) >= 11 is 0. The number of hydrogen-bond donors (Lipinski definition) is 0. The van der Waals surface area contributed by atoms with Gasteiger partial charge in [-0.2, -0.15) is 0 Å². The molecule has 12 heavy (non-hydrogen) atoms. The predicted octanol–water partition coefficient (Wildman–Crippen LogP) is 1.81. The summed E-state index contributed by atoms with van der Waals surface area (Å²) in [5, 5.41) is 0. The molecule has 0 aromatic carbocycles. The van der Waals surface area contributed by atoms with Crippen molar-refractivity contribution in [1.82, 2.24) is 0 Å². The molecule has 0 atom stereocenters. The van der Waals surface area contributed by atoms with Crippen molar-refractivity contribution in [2.75, 3.05) is 0 Å². The van der Waals surface area contributed by atoms with E-state index in [4.69, 9.17) is 0 Å². The first-order chi connectivity index (χ1) is 5.68. The van der Waals surface area contributed by atoms with Crippen LogP contribution in [0.1, 0.15) is 26.2 Å². The van der Waals surface area contributed by atoms with Crippen molar-refractivity contribution in [1.29, 1.82) is 0 Å². The number of hydrogen-bond acceptors (Lipinski definition) is 2. The zero-order valence-corrected chi connectivity index (χ0v) is 7.17. The van der Waals surface area contributed by atoms with Gasteiger partial charge in [0.25, 0.3) is 0 Å². The molecule has 1 rings (SSSR count). The molecule has 0 saturated heterocycles. The number of carbonyl (C=O) groups is 2. The molecule has 0 spiro atoms. The summed E-state index contributed by atoms with van der Waals surface area (Å²) in [6.45, 7) is 1.58. The predicted molar refractivity (Wildman–Crippen MR) is 46.8 cm³/mol. The molecule has 1 aliphatic carbocycles. The Morgan fingerprint density at radius 1 is 1.50 bits per heavy atom. The second kappa shape index (κ2) is 4.00. The van der Waals surface area contributed by atoms with Crippen LogP contribution in [-0.2, 0) is 9.59 Å². The van der Waals surface area contributed by atoms with E-state index in [2.05, 4.69) is 0 Å². The van der Waals surface area contributed by atoms with Crippen LogP contribution in [0.2, 0.25) is 0 Å². The Labute approximate surface area is 72.0 Å². The fourth-order valence-electron chi connectivity index (χ4n) is 1.07. The summed E-state index contributed by atoms with van der Waals surface area (Å²) in [5.74, 6) is 0.336. The van der Waals surface area contributed by atoms with E-state index in [0.29, 0.717) is 12.8 Å². The molecule has 0 unspecified atom stereocenters.